The van der Waals surface area contributed by atoms with Crippen LogP contribution in [0.25, 0.3) is 0 Å². The van der Waals surface area contributed by atoms with Gasteiger partial charge in [0.05, 0.1) is 6.10 Å². The molecule has 0 aliphatic heterocycles. The second-order valence-corrected chi connectivity index (χ2v) is 3.82. The van der Waals surface area contributed by atoms with Crippen LogP contribution in [0.1, 0.15) is 26.7 Å². The molecule has 1 aromatic rings. The summed E-state index contributed by atoms with van der Waals surface area (Å²) >= 11 is 0. The van der Waals surface area contributed by atoms with Crippen LogP contribution in [0.5, 0.6) is 6.01 Å². The monoisotopic (exact) mass is 241 g/mol. The van der Waals surface area contributed by atoms with Crippen molar-refractivity contribution >= 4 is 11.9 Å². The molecule has 1 aromatic heterocycles. The topological polar surface area (TPSA) is 106 Å². The van der Waals surface area contributed by atoms with E-state index in [0.717, 1.165) is 12.8 Å². The molecule has 0 aliphatic carbocycles. The highest BCUT2D eigenvalue weighted by atomic mass is 16.5. The summed E-state index contributed by atoms with van der Waals surface area (Å²) < 4.78 is 5.34. The molecule has 0 aliphatic rings. The lowest BCUT2D eigenvalue weighted by Crippen LogP contribution is -2.13. The molecular formula is C10H19N5O2. The first-order valence-corrected chi connectivity index (χ1v) is 5.64. The average molecular weight is 241 g/mol. The van der Waals surface area contributed by atoms with Crippen molar-refractivity contribution in [1.29, 1.82) is 0 Å². The van der Waals surface area contributed by atoms with Crippen LogP contribution < -0.4 is 15.8 Å². The second kappa shape index (κ2) is 6.85. The van der Waals surface area contributed by atoms with Crippen LogP contribution in [-0.4, -0.2) is 39.3 Å². The standard InChI is InChI=1S/C10H19N5O2/c1-7(2)17-10-14-8(11)13-9(15-10)12-5-3-4-6-16/h7,16H,3-6H2,1-2H3,(H3,11,12,13,14,15). The number of ether oxygens (including phenoxy) is 1. The Morgan fingerprint density at radius 2 is 2.06 bits per heavy atom. The predicted octanol–water partition coefficient (Wildman–Crippen LogP) is 0.425. The Bertz CT molecular complexity index is 345. The average Bonchev–Trinajstić information content (AvgIpc) is 2.22. The fourth-order valence-corrected chi connectivity index (χ4v) is 1.15. The molecule has 7 heteroatoms. The third-order valence-corrected chi connectivity index (χ3v) is 1.84. The molecule has 0 unspecified atom stereocenters. The first-order valence-electron chi connectivity index (χ1n) is 5.64. The van der Waals surface area contributed by atoms with Crippen molar-refractivity contribution in [3.63, 3.8) is 0 Å². The molecule has 0 radical (unpaired) electrons. The highest BCUT2D eigenvalue weighted by Crippen LogP contribution is 2.10. The van der Waals surface area contributed by atoms with Gasteiger partial charge in [0.15, 0.2) is 0 Å². The summed E-state index contributed by atoms with van der Waals surface area (Å²) in [7, 11) is 0. The smallest absolute Gasteiger partial charge is 0.323 e. The Morgan fingerprint density at radius 3 is 2.71 bits per heavy atom. The predicted molar refractivity (Wildman–Crippen MR) is 64.8 cm³/mol. The van der Waals surface area contributed by atoms with Crippen molar-refractivity contribution in [3.8, 4) is 6.01 Å². The quantitative estimate of drug-likeness (QED) is 0.594. The summed E-state index contributed by atoms with van der Waals surface area (Å²) in [4.78, 5) is 11.9. The molecule has 96 valence electrons. The summed E-state index contributed by atoms with van der Waals surface area (Å²) in [6.07, 6.45) is 1.56. The molecule has 0 spiro atoms. The van der Waals surface area contributed by atoms with E-state index in [1.54, 1.807) is 0 Å². The van der Waals surface area contributed by atoms with Gasteiger partial charge in [-0.2, -0.15) is 15.0 Å². The molecule has 0 bridgehead atoms. The maximum Gasteiger partial charge on any atom is 0.323 e. The van der Waals surface area contributed by atoms with Crippen molar-refractivity contribution < 1.29 is 9.84 Å². The van der Waals surface area contributed by atoms with Crippen LogP contribution in [-0.2, 0) is 0 Å². The summed E-state index contributed by atoms with van der Waals surface area (Å²) in [6.45, 7) is 4.62. The lowest BCUT2D eigenvalue weighted by atomic mass is 10.3. The number of aromatic nitrogens is 3. The van der Waals surface area contributed by atoms with E-state index in [2.05, 4.69) is 20.3 Å². The molecule has 17 heavy (non-hydrogen) atoms. The minimum atomic E-state index is -0.0148. The third kappa shape index (κ3) is 5.30. The van der Waals surface area contributed by atoms with Crippen molar-refractivity contribution in [3.05, 3.63) is 0 Å². The number of anilines is 2. The van der Waals surface area contributed by atoms with Gasteiger partial charge in [-0.25, -0.2) is 0 Å². The fraction of sp³-hybridized carbons (Fsp3) is 0.700. The molecule has 1 rings (SSSR count). The maximum atomic E-state index is 8.64. The Morgan fingerprint density at radius 1 is 1.29 bits per heavy atom. The lowest BCUT2D eigenvalue weighted by molar-refractivity contribution is 0.222. The van der Waals surface area contributed by atoms with Crippen molar-refractivity contribution in [2.24, 2.45) is 0 Å². The number of hydrogen-bond acceptors (Lipinski definition) is 7. The van der Waals surface area contributed by atoms with Gasteiger partial charge < -0.3 is 20.9 Å². The van der Waals surface area contributed by atoms with Crippen LogP contribution in [0.4, 0.5) is 11.9 Å². The van der Waals surface area contributed by atoms with Gasteiger partial charge >= 0.3 is 6.01 Å². The zero-order chi connectivity index (χ0) is 12.7. The number of nitrogens with zero attached hydrogens (tertiary/aromatic N) is 3. The Balaban J connectivity index is 2.56. The van der Waals surface area contributed by atoms with Crippen LogP contribution in [0.3, 0.4) is 0 Å². The number of aliphatic hydroxyl groups excluding tert-OH is 1. The van der Waals surface area contributed by atoms with E-state index in [-0.39, 0.29) is 24.7 Å². The number of unbranched alkanes of at least 4 members (excludes halogenated alkanes) is 1. The van der Waals surface area contributed by atoms with Crippen molar-refractivity contribution in [2.45, 2.75) is 32.8 Å². The number of nitrogen functional groups attached to an aromatic ring is 1. The largest absolute Gasteiger partial charge is 0.461 e. The van der Waals surface area contributed by atoms with Crippen LogP contribution >= 0.6 is 0 Å². The molecule has 0 saturated heterocycles. The van der Waals surface area contributed by atoms with Gasteiger partial charge in [-0.15, -0.1) is 0 Å². The number of nitrogens with one attached hydrogen (secondary N) is 1. The zero-order valence-electron chi connectivity index (χ0n) is 10.2. The summed E-state index contributed by atoms with van der Waals surface area (Å²) in [6, 6.07) is 0.220. The van der Waals surface area contributed by atoms with Crippen LogP contribution in [0, 0.1) is 0 Å². The first-order chi connectivity index (χ1) is 8.11. The van der Waals surface area contributed by atoms with E-state index < -0.39 is 0 Å². The number of rotatable bonds is 7. The van der Waals surface area contributed by atoms with Gasteiger partial charge in [0.1, 0.15) is 0 Å². The van der Waals surface area contributed by atoms with Crippen LogP contribution in [0.15, 0.2) is 0 Å². The van der Waals surface area contributed by atoms with Crippen LogP contribution in [0.2, 0.25) is 0 Å². The minimum Gasteiger partial charge on any atom is -0.461 e. The van der Waals surface area contributed by atoms with E-state index in [1.807, 2.05) is 13.8 Å². The minimum absolute atomic E-state index is 0.0148. The van der Waals surface area contributed by atoms with Gasteiger partial charge in [0.2, 0.25) is 11.9 Å². The highest BCUT2D eigenvalue weighted by molar-refractivity contribution is 5.32. The lowest BCUT2D eigenvalue weighted by Gasteiger charge is -2.09. The summed E-state index contributed by atoms with van der Waals surface area (Å²) in [5, 5.41) is 11.6. The molecule has 0 aromatic carbocycles. The molecule has 0 saturated carbocycles. The fourth-order valence-electron chi connectivity index (χ4n) is 1.15. The summed E-state index contributed by atoms with van der Waals surface area (Å²) in [5.74, 6) is 0.520. The normalized spacial score (nSPS) is 10.6. The molecule has 0 amide bonds. The van der Waals surface area contributed by atoms with Gasteiger partial charge in [0, 0.05) is 13.2 Å². The van der Waals surface area contributed by atoms with Crippen molar-refractivity contribution in [1.82, 2.24) is 15.0 Å². The second-order valence-electron chi connectivity index (χ2n) is 3.82. The molecular weight excluding hydrogens is 222 g/mol. The third-order valence-electron chi connectivity index (χ3n) is 1.84. The Labute approximate surface area is 100 Å². The highest BCUT2D eigenvalue weighted by Gasteiger charge is 2.06. The Kier molecular flexibility index (Phi) is 5.41. The molecule has 7 nitrogen and oxygen atoms in total. The van der Waals surface area contributed by atoms with Gasteiger partial charge in [-0.05, 0) is 26.7 Å². The van der Waals surface area contributed by atoms with Crippen molar-refractivity contribution in [2.75, 3.05) is 24.2 Å². The number of nitrogens with two attached hydrogens (primary N) is 1. The van der Waals surface area contributed by atoms with Gasteiger partial charge in [-0.3, -0.25) is 0 Å². The maximum absolute atomic E-state index is 8.64. The van der Waals surface area contributed by atoms with E-state index >= 15 is 0 Å². The molecule has 4 N–H and O–H groups in total. The molecule has 0 fully saturated rings. The molecule has 1 heterocycles. The van der Waals surface area contributed by atoms with Gasteiger partial charge in [-0.1, -0.05) is 0 Å². The number of aliphatic hydroxyl groups is 1. The number of hydrogen-bond donors (Lipinski definition) is 3. The van der Waals surface area contributed by atoms with Gasteiger partial charge in [0.25, 0.3) is 0 Å². The SMILES string of the molecule is CC(C)Oc1nc(N)nc(NCCCCO)n1. The van der Waals surface area contributed by atoms with E-state index in [0.29, 0.717) is 12.5 Å². The summed E-state index contributed by atoms with van der Waals surface area (Å²) in [5.41, 5.74) is 5.54. The zero-order valence-corrected chi connectivity index (χ0v) is 10.2. The first kappa shape index (κ1) is 13.4. The Hall–Kier alpha value is -1.63. The van der Waals surface area contributed by atoms with E-state index in [4.69, 9.17) is 15.6 Å². The molecule has 0 atom stereocenters. The van der Waals surface area contributed by atoms with E-state index in [9.17, 15) is 0 Å². The van der Waals surface area contributed by atoms with E-state index in [1.165, 1.54) is 0 Å².